The molecule has 1 N–H and O–H groups in total. The quantitative estimate of drug-likeness (QED) is 0.469. The van der Waals surface area contributed by atoms with Gasteiger partial charge in [0.1, 0.15) is 0 Å². The van der Waals surface area contributed by atoms with Gasteiger partial charge in [-0.25, -0.2) is 0 Å². The standard InChI is InChI=1S/C7H17O3Si/c1-3-4-5-6-7-10-11(8)9-2/h8H,3-7H2,1-2H3. The first kappa shape index (κ1) is 11.1. The monoisotopic (exact) mass is 177 g/mol. The largest absolute Gasteiger partial charge is 0.574 e. The third-order valence-corrected chi connectivity index (χ3v) is 2.20. The maximum Gasteiger partial charge on any atom is 0.574 e. The van der Waals surface area contributed by atoms with Crippen molar-refractivity contribution in [2.24, 2.45) is 0 Å². The van der Waals surface area contributed by atoms with Crippen molar-refractivity contribution in [2.45, 2.75) is 32.6 Å². The van der Waals surface area contributed by atoms with Crippen molar-refractivity contribution in [1.82, 2.24) is 0 Å². The van der Waals surface area contributed by atoms with Gasteiger partial charge in [-0.2, -0.15) is 0 Å². The third kappa shape index (κ3) is 8.00. The molecule has 0 aliphatic rings. The van der Waals surface area contributed by atoms with Crippen molar-refractivity contribution in [3.05, 3.63) is 0 Å². The Kier molecular flexibility index (Phi) is 8.27. The zero-order valence-electron chi connectivity index (χ0n) is 7.30. The Hall–Kier alpha value is 0.0969. The molecule has 11 heavy (non-hydrogen) atoms. The van der Waals surface area contributed by atoms with Gasteiger partial charge in [-0.15, -0.1) is 0 Å². The van der Waals surface area contributed by atoms with E-state index in [1.165, 1.54) is 26.4 Å². The molecule has 0 unspecified atom stereocenters. The summed E-state index contributed by atoms with van der Waals surface area (Å²) < 4.78 is 9.56. The maximum atomic E-state index is 8.87. The van der Waals surface area contributed by atoms with Crippen molar-refractivity contribution in [2.75, 3.05) is 13.7 Å². The van der Waals surface area contributed by atoms with Gasteiger partial charge < -0.3 is 13.6 Å². The summed E-state index contributed by atoms with van der Waals surface area (Å²) >= 11 is 0. The molecule has 0 aliphatic heterocycles. The average Bonchev–Trinajstić information content (AvgIpc) is 2.04. The van der Waals surface area contributed by atoms with E-state index in [2.05, 4.69) is 11.3 Å². The van der Waals surface area contributed by atoms with Gasteiger partial charge >= 0.3 is 9.53 Å². The first-order valence-corrected chi connectivity index (χ1v) is 5.30. The van der Waals surface area contributed by atoms with Gasteiger partial charge in [0.05, 0.1) is 0 Å². The molecule has 0 aromatic rings. The molecule has 0 rings (SSSR count). The molecule has 0 amide bonds. The second kappa shape index (κ2) is 8.20. The molecule has 0 fully saturated rings. The lowest BCUT2D eigenvalue weighted by Crippen LogP contribution is -2.20. The fourth-order valence-corrected chi connectivity index (χ4v) is 1.18. The summed E-state index contributed by atoms with van der Waals surface area (Å²) in [5, 5.41) is 0. The molecule has 0 saturated heterocycles. The first-order valence-electron chi connectivity index (χ1n) is 4.04. The highest BCUT2D eigenvalue weighted by molar-refractivity contribution is 6.34. The highest BCUT2D eigenvalue weighted by Gasteiger charge is 2.08. The Labute approximate surface area is 70.3 Å². The fraction of sp³-hybridized carbons (Fsp3) is 1.00. The van der Waals surface area contributed by atoms with E-state index in [0.717, 1.165) is 6.42 Å². The van der Waals surface area contributed by atoms with Gasteiger partial charge in [-0.3, -0.25) is 0 Å². The van der Waals surface area contributed by atoms with Crippen LogP contribution in [0.4, 0.5) is 0 Å². The molecule has 0 spiro atoms. The van der Waals surface area contributed by atoms with Gasteiger partial charge in [0.2, 0.25) is 0 Å². The molecule has 4 heteroatoms. The third-order valence-electron chi connectivity index (χ3n) is 1.40. The molecule has 3 nitrogen and oxygen atoms in total. The van der Waals surface area contributed by atoms with E-state index < -0.39 is 9.53 Å². The Morgan fingerprint density at radius 3 is 2.55 bits per heavy atom. The van der Waals surface area contributed by atoms with E-state index in [0.29, 0.717) is 6.61 Å². The van der Waals surface area contributed by atoms with Crippen LogP contribution < -0.4 is 0 Å². The molecule has 0 atom stereocenters. The lowest BCUT2D eigenvalue weighted by Gasteiger charge is -2.04. The molecule has 67 valence electrons. The van der Waals surface area contributed by atoms with Gasteiger partial charge in [-0.1, -0.05) is 26.2 Å². The van der Waals surface area contributed by atoms with Crippen LogP contribution in [-0.2, 0) is 8.85 Å². The summed E-state index contributed by atoms with van der Waals surface area (Å²) in [4.78, 5) is 8.87. The van der Waals surface area contributed by atoms with Crippen molar-refractivity contribution in [1.29, 1.82) is 0 Å². The number of hydrogen-bond acceptors (Lipinski definition) is 3. The average molecular weight is 177 g/mol. The molecule has 1 radical (unpaired) electrons. The highest BCUT2D eigenvalue weighted by Crippen LogP contribution is 1.99. The minimum Gasteiger partial charge on any atom is -0.387 e. The van der Waals surface area contributed by atoms with Gasteiger partial charge in [0.25, 0.3) is 0 Å². The van der Waals surface area contributed by atoms with Crippen LogP contribution in [0, 0.1) is 0 Å². The summed E-state index contributed by atoms with van der Waals surface area (Å²) in [6.45, 7) is 2.79. The van der Waals surface area contributed by atoms with Crippen LogP contribution in [-0.4, -0.2) is 28.0 Å². The van der Waals surface area contributed by atoms with E-state index in [1.54, 1.807) is 0 Å². The molecule has 0 aromatic carbocycles. The van der Waals surface area contributed by atoms with Crippen LogP contribution in [0.2, 0.25) is 0 Å². The maximum absolute atomic E-state index is 8.87. The summed E-state index contributed by atoms with van der Waals surface area (Å²) in [6.07, 6.45) is 4.66. The molecule has 0 bridgehead atoms. The Bertz CT molecular complexity index is 80.1. The zero-order chi connectivity index (χ0) is 8.53. The molecule has 0 heterocycles. The van der Waals surface area contributed by atoms with Crippen molar-refractivity contribution >= 4 is 9.53 Å². The number of unbranched alkanes of at least 4 members (excludes halogenated alkanes) is 3. The van der Waals surface area contributed by atoms with E-state index in [1.807, 2.05) is 0 Å². The van der Waals surface area contributed by atoms with Crippen LogP contribution >= 0.6 is 0 Å². The van der Waals surface area contributed by atoms with E-state index >= 15 is 0 Å². The topological polar surface area (TPSA) is 38.7 Å². The molecule has 0 saturated carbocycles. The van der Waals surface area contributed by atoms with E-state index in [4.69, 9.17) is 9.22 Å². The number of rotatable bonds is 7. The van der Waals surface area contributed by atoms with Crippen molar-refractivity contribution < 1.29 is 13.6 Å². The van der Waals surface area contributed by atoms with E-state index in [-0.39, 0.29) is 0 Å². The fourth-order valence-electron chi connectivity index (χ4n) is 0.747. The lowest BCUT2D eigenvalue weighted by atomic mass is 10.2. The second-order valence-electron chi connectivity index (χ2n) is 2.38. The predicted molar refractivity (Wildman–Crippen MR) is 45.1 cm³/mol. The summed E-state index contributed by atoms with van der Waals surface area (Å²) in [5.74, 6) is 0. The van der Waals surface area contributed by atoms with Gasteiger partial charge in [0, 0.05) is 13.7 Å². The summed E-state index contributed by atoms with van der Waals surface area (Å²) in [7, 11) is -0.457. The minimum absolute atomic E-state index is 0.624. The van der Waals surface area contributed by atoms with Crippen LogP contribution in [0.15, 0.2) is 0 Å². The zero-order valence-corrected chi connectivity index (χ0v) is 8.30. The smallest absolute Gasteiger partial charge is 0.387 e. The Morgan fingerprint density at radius 1 is 1.27 bits per heavy atom. The van der Waals surface area contributed by atoms with Crippen LogP contribution in [0.5, 0.6) is 0 Å². The SMILES string of the molecule is CCCCCCO[Si](O)OC. The normalized spacial score (nSPS) is 10.9. The highest BCUT2D eigenvalue weighted by atomic mass is 28.3. The Balaban J connectivity index is 2.89. The number of hydrogen-bond donors (Lipinski definition) is 1. The second-order valence-corrected chi connectivity index (χ2v) is 3.61. The van der Waals surface area contributed by atoms with Gasteiger partial charge in [0.15, 0.2) is 0 Å². The molecule has 0 aromatic heterocycles. The molecular weight excluding hydrogens is 160 g/mol. The van der Waals surface area contributed by atoms with Crippen molar-refractivity contribution in [3.63, 3.8) is 0 Å². The molecule has 0 aliphatic carbocycles. The van der Waals surface area contributed by atoms with Crippen molar-refractivity contribution in [3.8, 4) is 0 Å². The van der Waals surface area contributed by atoms with Crippen LogP contribution in [0.3, 0.4) is 0 Å². The summed E-state index contributed by atoms with van der Waals surface area (Å²) in [5.41, 5.74) is 0. The van der Waals surface area contributed by atoms with Crippen LogP contribution in [0.1, 0.15) is 32.6 Å². The Morgan fingerprint density at radius 2 is 2.00 bits per heavy atom. The van der Waals surface area contributed by atoms with Gasteiger partial charge in [-0.05, 0) is 6.42 Å². The molecular formula is C7H17O3Si. The lowest BCUT2D eigenvalue weighted by molar-refractivity contribution is 0.156. The first-order chi connectivity index (χ1) is 5.31. The predicted octanol–water partition coefficient (Wildman–Crippen LogP) is 1.21. The van der Waals surface area contributed by atoms with Crippen LogP contribution in [0.25, 0.3) is 0 Å². The van der Waals surface area contributed by atoms with E-state index in [9.17, 15) is 0 Å². The minimum atomic E-state index is -1.92. The summed E-state index contributed by atoms with van der Waals surface area (Å²) in [6, 6.07) is 0.